The van der Waals surface area contributed by atoms with E-state index in [0.717, 1.165) is 6.08 Å². The fourth-order valence-electron chi connectivity index (χ4n) is 1.11. The van der Waals surface area contributed by atoms with Crippen molar-refractivity contribution < 1.29 is 29.6 Å². The van der Waals surface area contributed by atoms with Crippen LogP contribution in [0, 0.1) is 0 Å². The monoisotopic (exact) mass is 260 g/mol. The minimum atomic E-state index is -1.72. The Morgan fingerprint density at radius 2 is 1.78 bits per heavy atom. The molecule has 1 atom stereocenters. The highest BCUT2D eigenvalue weighted by atomic mass is 17.2. The lowest BCUT2D eigenvalue weighted by Gasteiger charge is -2.28. The first-order valence-corrected chi connectivity index (χ1v) is 5.58. The Labute approximate surface area is 106 Å². The Bertz CT molecular complexity index is 317. The molecule has 0 heterocycles. The van der Waals surface area contributed by atoms with Crippen LogP contribution in [0.1, 0.15) is 40.0 Å². The maximum Gasteiger partial charge on any atom is 0.343 e. The number of hydrogen-bond donors (Lipinski definition) is 2. The van der Waals surface area contributed by atoms with Crippen molar-refractivity contribution >= 4 is 11.9 Å². The van der Waals surface area contributed by atoms with Gasteiger partial charge in [-0.3, -0.25) is 4.79 Å². The lowest BCUT2D eigenvalue weighted by atomic mass is 9.97. The summed E-state index contributed by atoms with van der Waals surface area (Å²) in [5.41, 5.74) is -2.39. The van der Waals surface area contributed by atoms with Gasteiger partial charge in [-0.1, -0.05) is 6.58 Å². The topological polar surface area (TPSA) is 93.1 Å². The zero-order chi connectivity index (χ0) is 14.4. The first-order chi connectivity index (χ1) is 8.13. The average molecular weight is 260 g/mol. The predicted octanol–water partition coefficient (Wildman–Crippen LogP) is 2.00. The van der Waals surface area contributed by atoms with Gasteiger partial charge in [-0.05, 0) is 39.7 Å². The van der Waals surface area contributed by atoms with E-state index < -0.39 is 23.1 Å². The van der Waals surface area contributed by atoms with Crippen molar-refractivity contribution in [3.05, 3.63) is 12.7 Å². The van der Waals surface area contributed by atoms with Gasteiger partial charge in [-0.25, -0.2) is 14.6 Å². The molecular formula is C12H20O6. The summed E-state index contributed by atoms with van der Waals surface area (Å²) in [4.78, 5) is 31.6. The Morgan fingerprint density at radius 3 is 2.11 bits per heavy atom. The third-order valence-electron chi connectivity index (χ3n) is 2.07. The molecule has 0 saturated carbocycles. The SMILES string of the molecule is C=CC(CCCC(=O)O)(OOC(C)(C)C)C(=O)O. The summed E-state index contributed by atoms with van der Waals surface area (Å²) in [6.07, 6.45) is 1.11. The summed E-state index contributed by atoms with van der Waals surface area (Å²) in [7, 11) is 0. The Morgan fingerprint density at radius 1 is 1.22 bits per heavy atom. The van der Waals surface area contributed by atoms with Gasteiger partial charge in [-0.2, -0.15) is 0 Å². The minimum absolute atomic E-state index is 0.0196. The Balaban J connectivity index is 4.67. The quantitative estimate of drug-likeness (QED) is 0.394. The second-order valence-corrected chi connectivity index (χ2v) is 4.93. The van der Waals surface area contributed by atoms with Crippen molar-refractivity contribution in [1.82, 2.24) is 0 Å². The zero-order valence-corrected chi connectivity index (χ0v) is 10.9. The van der Waals surface area contributed by atoms with Crippen LogP contribution in [0.3, 0.4) is 0 Å². The number of aliphatic carboxylic acids is 2. The van der Waals surface area contributed by atoms with E-state index in [1.54, 1.807) is 20.8 Å². The van der Waals surface area contributed by atoms with Gasteiger partial charge in [0, 0.05) is 6.42 Å². The summed E-state index contributed by atoms with van der Waals surface area (Å²) in [6, 6.07) is 0. The highest BCUT2D eigenvalue weighted by Crippen LogP contribution is 2.24. The largest absolute Gasteiger partial charge is 0.481 e. The Hall–Kier alpha value is -1.40. The van der Waals surface area contributed by atoms with Crippen LogP contribution in [0.25, 0.3) is 0 Å². The van der Waals surface area contributed by atoms with E-state index >= 15 is 0 Å². The molecule has 0 aromatic rings. The van der Waals surface area contributed by atoms with E-state index in [0.29, 0.717) is 0 Å². The molecule has 104 valence electrons. The molecule has 0 aromatic heterocycles. The third kappa shape index (κ3) is 5.79. The van der Waals surface area contributed by atoms with Crippen LogP contribution in [0.4, 0.5) is 0 Å². The molecule has 6 heteroatoms. The van der Waals surface area contributed by atoms with Gasteiger partial charge >= 0.3 is 11.9 Å². The number of carboxylic acids is 2. The maximum atomic E-state index is 11.2. The molecular weight excluding hydrogens is 240 g/mol. The molecule has 0 aliphatic rings. The summed E-state index contributed by atoms with van der Waals surface area (Å²) in [5.74, 6) is -2.25. The Kier molecular flexibility index (Phi) is 6.00. The third-order valence-corrected chi connectivity index (χ3v) is 2.07. The first kappa shape index (κ1) is 16.6. The van der Waals surface area contributed by atoms with Crippen LogP contribution < -0.4 is 0 Å². The van der Waals surface area contributed by atoms with Crippen molar-refractivity contribution in [2.75, 3.05) is 0 Å². The van der Waals surface area contributed by atoms with Crippen LogP contribution in [0.2, 0.25) is 0 Å². The molecule has 0 aromatic carbocycles. The highest BCUT2D eigenvalue weighted by Gasteiger charge is 2.39. The van der Waals surface area contributed by atoms with E-state index in [1.165, 1.54) is 0 Å². The molecule has 0 bridgehead atoms. The predicted molar refractivity (Wildman–Crippen MR) is 64.0 cm³/mol. The van der Waals surface area contributed by atoms with Crippen LogP contribution in [0.5, 0.6) is 0 Å². The van der Waals surface area contributed by atoms with Crippen molar-refractivity contribution in [2.45, 2.75) is 51.2 Å². The van der Waals surface area contributed by atoms with E-state index in [1.807, 2.05) is 0 Å². The molecule has 1 unspecified atom stereocenters. The van der Waals surface area contributed by atoms with Crippen molar-refractivity contribution in [3.63, 3.8) is 0 Å². The highest BCUT2D eigenvalue weighted by molar-refractivity contribution is 5.80. The van der Waals surface area contributed by atoms with Gasteiger partial charge in [-0.15, -0.1) is 0 Å². The molecule has 0 amide bonds. The normalized spacial score (nSPS) is 14.8. The van der Waals surface area contributed by atoms with Crippen molar-refractivity contribution in [1.29, 1.82) is 0 Å². The fraction of sp³-hybridized carbons (Fsp3) is 0.667. The molecule has 0 aliphatic heterocycles. The van der Waals surface area contributed by atoms with E-state index in [4.69, 9.17) is 20.0 Å². The van der Waals surface area contributed by atoms with Gasteiger partial charge in [0.1, 0.15) is 0 Å². The van der Waals surface area contributed by atoms with E-state index in [-0.39, 0.29) is 19.3 Å². The zero-order valence-electron chi connectivity index (χ0n) is 10.9. The second-order valence-electron chi connectivity index (χ2n) is 4.93. The molecule has 0 saturated heterocycles. The molecule has 0 spiro atoms. The standard InChI is InChI=1S/C12H20O6/c1-5-12(10(15)16,8-6-7-9(13)14)18-17-11(2,3)4/h5H,1,6-8H2,2-4H3,(H,13,14)(H,15,16). The van der Waals surface area contributed by atoms with Crippen LogP contribution in [0.15, 0.2) is 12.7 Å². The number of rotatable bonds is 8. The molecule has 0 fully saturated rings. The van der Waals surface area contributed by atoms with E-state index in [2.05, 4.69) is 6.58 Å². The molecule has 6 nitrogen and oxygen atoms in total. The summed E-state index contributed by atoms with van der Waals surface area (Å²) < 4.78 is 0. The number of carboxylic acid groups (broad SMARTS) is 2. The minimum Gasteiger partial charge on any atom is -0.481 e. The smallest absolute Gasteiger partial charge is 0.343 e. The molecule has 2 N–H and O–H groups in total. The molecule has 0 aliphatic carbocycles. The molecule has 0 radical (unpaired) electrons. The lowest BCUT2D eigenvalue weighted by Crippen LogP contribution is -2.41. The van der Waals surface area contributed by atoms with Gasteiger partial charge in [0.15, 0.2) is 0 Å². The maximum absolute atomic E-state index is 11.2. The molecule has 0 rings (SSSR count). The summed E-state index contributed by atoms with van der Waals surface area (Å²) in [6.45, 7) is 8.54. The lowest BCUT2D eigenvalue weighted by molar-refractivity contribution is -0.387. The van der Waals surface area contributed by atoms with Crippen molar-refractivity contribution in [3.8, 4) is 0 Å². The average Bonchev–Trinajstić information content (AvgIpc) is 2.21. The first-order valence-electron chi connectivity index (χ1n) is 5.58. The van der Waals surface area contributed by atoms with Crippen molar-refractivity contribution in [2.24, 2.45) is 0 Å². The van der Waals surface area contributed by atoms with E-state index in [9.17, 15) is 9.59 Å². The summed E-state index contributed by atoms with van der Waals surface area (Å²) >= 11 is 0. The van der Waals surface area contributed by atoms with Gasteiger partial charge in [0.2, 0.25) is 5.60 Å². The fourth-order valence-corrected chi connectivity index (χ4v) is 1.11. The van der Waals surface area contributed by atoms with Crippen LogP contribution >= 0.6 is 0 Å². The number of carbonyl (C=O) groups is 2. The van der Waals surface area contributed by atoms with Gasteiger partial charge in [0.25, 0.3) is 0 Å². The number of hydrogen-bond acceptors (Lipinski definition) is 4. The summed E-state index contributed by atoms with van der Waals surface area (Å²) in [5, 5.41) is 17.7. The van der Waals surface area contributed by atoms with Crippen LogP contribution in [-0.4, -0.2) is 33.4 Å². The van der Waals surface area contributed by atoms with Crippen LogP contribution in [-0.2, 0) is 19.4 Å². The molecule has 18 heavy (non-hydrogen) atoms. The second kappa shape index (κ2) is 6.51. The van der Waals surface area contributed by atoms with Gasteiger partial charge < -0.3 is 10.2 Å². The van der Waals surface area contributed by atoms with Gasteiger partial charge in [0.05, 0.1) is 5.60 Å².